The molecule has 2 rings (SSSR count). The van der Waals surface area contributed by atoms with E-state index in [1.165, 1.54) is 0 Å². The summed E-state index contributed by atoms with van der Waals surface area (Å²) in [6.07, 6.45) is 3.29. The van der Waals surface area contributed by atoms with Crippen LogP contribution in [0.3, 0.4) is 0 Å². The van der Waals surface area contributed by atoms with Gasteiger partial charge in [-0.15, -0.1) is 0 Å². The average Bonchev–Trinajstić information content (AvgIpc) is 2.75. The number of pyridine rings is 1. The molecule has 150 valence electrons. The highest BCUT2D eigenvalue weighted by atomic mass is 16.5. The number of hydrogen-bond donors (Lipinski definition) is 2. The van der Waals surface area contributed by atoms with Gasteiger partial charge in [0.25, 0.3) is 0 Å². The number of aromatic nitrogens is 1. The first-order valence-electron chi connectivity index (χ1n) is 9.34. The highest BCUT2D eigenvalue weighted by Crippen LogP contribution is 2.17. The lowest BCUT2D eigenvalue weighted by Crippen LogP contribution is -2.44. The van der Waals surface area contributed by atoms with Crippen LogP contribution in [0.1, 0.15) is 11.3 Å². The minimum atomic E-state index is 0.00334. The van der Waals surface area contributed by atoms with E-state index in [0.717, 1.165) is 29.8 Å². The number of likely N-dealkylation sites (N-methyl/N-ethyl adjacent to an activating group) is 1. The van der Waals surface area contributed by atoms with Crippen molar-refractivity contribution < 1.29 is 9.53 Å². The predicted molar refractivity (Wildman–Crippen MR) is 112 cm³/mol. The molecular weight excluding hydrogens is 354 g/mol. The quantitative estimate of drug-likeness (QED) is 0.507. The molecule has 7 heteroatoms. The van der Waals surface area contributed by atoms with Crippen LogP contribution in [0, 0.1) is 0 Å². The normalized spacial score (nSPS) is 11.0. The van der Waals surface area contributed by atoms with E-state index in [1.807, 2.05) is 42.5 Å². The van der Waals surface area contributed by atoms with Crippen molar-refractivity contribution in [2.45, 2.75) is 12.8 Å². The largest absolute Gasteiger partial charge is 0.496 e. The number of guanidine groups is 1. The fourth-order valence-electron chi connectivity index (χ4n) is 2.69. The Balaban J connectivity index is 1.71. The molecule has 1 amide bonds. The molecule has 0 spiro atoms. The van der Waals surface area contributed by atoms with E-state index in [9.17, 15) is 4.79 Å². The van der Waals surface area contributed by atoms with E-state index in [2.05, 4.69) is 20.6 Å². The molecule has 0 fully saturated rings. The van der Waals surface area contributed by atoms with Gasteiger partial charge in [-0.2, -0.15) is 0 Å². The molecule has 0 unspecified atom stereocenters. The summed E-state index contributed by atoms with van der Waals surface area (Å²) in [6.45, 7) is 1.49. The summed E-state index contributed by atoms with van der Waals surface area (Å²) in [6, 6.07) is 13.7. The zero-order valence-corrected chi connectivity index (χ0v) is 16.8. The molecule has 2 aromatic rings. The summed E-state index contributed by atoms with van der Waals surface area (Å²) >= 11 is 0. The summed E-state index contributed by atoms with van der Waals surface area (Å²) in [7, 11) is 5.15. The Labute approximate surface area is 166 Å². The first-order chi connectivity index (χ1) is 13.6. The third kappa shape index (κ3) is 6.90. The fourth-order valence-corrected chi connectivity index (χ4v) is 2.69. The minimum absolute atomic E-state index is 0.00334. The number of benzene rings is 1. The molecule has 0 saturated carbocycles. The van der Waals surface area contributed by atoms with Gasteiger partial charge in [0.15, 0.2) is 5.96 Å². The summed E-state index contributed by atoms with van der Waals surface area (Å²) in [4.78, 5) is 22.5. The second-order valence-electron chi connectivity index (χ2n) is 6.30. The molecule has 1 heterocycles. The van der Waals surface area contributed by atoms with Crippen LogP contribution in [0.15, 0.2) is 53.7 Å². The monoisotopic (exact) mass is 383 g/mol. The summed E-state index contributed by atoms with van der Waals surface area (Å²) in [5, 5.41) is 6.29. The van der Waals surface area contributed by atoms with Crippen molar-refractivity contribution in [2.24, 2.45) is 4.99 Å². The molecule has 0 saturated heterocycles. The molecule has 7 nitrogen and oxygen atoms in total. The number of methoxy groups -OCH3 is 1. The molecule has 28 heavy (non-hydrogen) atoms. The molecule has 1 aromatic heterocycles. The number of nitrogens with one attached hydrogen (secondary N) is 2. The molecule has 0 aliphatic carbocycles. The fraction of sp³-hybridized carbons (Fsp3) is 0.381. The Morgan fingerprint density at radius 2 is 1.93 bits per heavy atom. The van der Waals surface area contributed by atoms with Crippen molar-refractivity contribution in [2.75, 3.05) is 40.8 Å². The Morgan fingerprint density at radius 3 is 2.64 bits per heavy atom. The number of carbonyl (C=O) groups excluding carboxylic acids is 1. The molecule has 0 aliphatic heterocycles. The Morgan fingerprint density at radius 1 is 1.14 bits per heavy atom. The third-order valence-corrected chi connectivity index (χ3v) is 4.37. The number of ether oxygens (including phenoxy) is 1. The zero-order valence-electron chi connectivity index (χ0n) is 16.8. The van der Waals surface area contributed by atoms with Crippen molar-refractivity contribution in [1.29, 1.82) is 0 Å². The van der Waals surface area contributed by atoms with Gasteiger partial charge in [-0.05, 0) is 30.2 Å². The number of amides is 1. The maximum atomic E-state index is 12.3. The highest BCUT2D eigenvalue weighted by molar-refractivity contribution is 5.86. The first-order valence-corrected chi connectivity index (χ1v) is 9.34. The first kappa shape index (κ1) is 21.2. The van der Waals surface area contributed by atoms with E-state index in [1.54, 1.807) is 32.3 Å². The van der Waals surface area contributed by atoms with Crippen LogP contribution in [0.4, 0.5) is 0 Å². The van der Waals surface area contributed by atoms with Gasteiger partial charge in [0.2, 0.25) is 5.91 Å². The van der Waals surface area contributed by atoms with Gasteiger partial charge >= 0.3 is 0 Å². The maximum Gasteiger partial charge on any atom is 0.241 e. The number of carbonyl (C=O) groups is 1. The van der Waals surface area contributed by atoms with Crippen LogP contribution in [0.25, 0.3) is 0 Å². The number of hydrogen-bond acceptors (Lipinski definition) is 4. The standard InChI is InChI=1S/C21H29N5O2/c1-22-21(24-14-11-17-8-4-5-10-19(17)28-3)25-16-20(27)26(2)15-12-18-9-6-7-13-23-18/h4-10,13H,11-12,14-16H2,1-3H3,(H2,22,24,25). The molecule has 0 bridgehead atoms. The van der Waals surface area contributed by atoms with E-state index < -0.39 is 0 Å². The number of rotatable bonds is 9. The van der Waals surface area contributed by atoms with Gasteiger partial charge in [-0.1, -0.05) is 24.3 Å². The van der Waals surface area contributed by atoms with E-state index in [-0.39, 0.29) is 12.5 Å². The maximum absolute atomic E-state index is 12.3. The zero-order chi connectivity index (χ0) is 20.2. The Bertz CT molecular complexity index is 764. The summed E-state index contributed by atoms with van der Waals surface area (Å²) in [5.41, 5.74) is 2.10. The minimum Gasteiger partial charge on any atom is -0.496 e. The van der Waals surface area contributed by atoms with Crippen molar-refractivity contribution >= 4 is 11.9 Å². The average molecular weight is 383 g/mol. The van der Waals surface area contributed by atoms with E-state index >= 15 is 0 Å². The number of nitrogens with zero attached hydrogens (tertiary/aromatic N) is 3. The number of para-hydroxylation sites is 1. The van der Waals surface area contributed by atoms with Gasteiger partial charge in [-0.3, -0.25) is 14.8 Å². The third-order valence-electron chi connectivity index (χ3n) is 4.37. The topological polar surface area (TPSA) is 78.9 Å². The van der Waals surface area contributed by atoms with E-state index in [0.29, 0.717) is 19.0 Å². The molecule has 2 N–H and O–H groups in total. The van der Waals surface area contributed by atoms with Crippen LogP contribution >= 0.6 is 0 Å². The molecule has 0 aliphatic rings. The molecular formula is C21H29N5O2. The van der Waals surface area contributed by atoms with Gasteiger partial charge in [-0.25, -0.2) is 0 Å². The van der Waals surface area contributed by atoms with Crippen LogP contribution in [-0.2, 0) is 17.6 Å². The second kappa shape index (κ2) is 11.6. The lowest BCUT2D eigenvalue weighted by Gasteiger charge is -2.18. The van der Waals surface area contributed by atoms with Crippen LogP contribution < -0.4 is 15.4 Å². The highest BCUT2D eigenvalue weighted by Gasteiger charge is 2.10. The SMILES string of the molecule is CN=C(NCCc1ccccc1OC)NCC(=O)N(C)CCc1ccccn1. The van der Waals surface area contributed by atoms with Crippen LogP contribution in [0.5, 0.6) is 5.75 Å². The van der Waals surface area contributed by atoms with Crippen LogP contribution in [0.2, 0.25) is 0 Å². The van der Waals surface area contributed by atoms with Crippen molar-refractivity contribution in [1.82, 2.24) is 20.5 Å². The summed E-state index contributed by atoms with van der Waals surface area (Å²) in [5.74, 6) is 1.47. The predicted octanol–water partition coefficient (Wildman–Crippen LogP) is 1.50. The van der Waals surface area contributed by atoms with Gasteiger partial charge in [0.05, 0.1) is 13.7 Å². The van der Waals surface area contributed by atoms with Crippen molar-refractivity contribution in [3.05, 3.63) is 59.9 Å². The lowest BCUT2D eigenvalue weighted by molar-refractivity contribution is -0.128. The van der Waals surface area contributed by atoms with Crippen LogP contribution in [-0.4, -0.2) is 62.6 Å². The van der Waals surface area contributed by atoms with Crippen molar-refractivity contribution in [3.63, 3.8) is 0 Å². The molecule has 1 aromatic carbocycles. The molecule has 0 atom stereocenters. The summed E-state index contributed by atoms with van der Waals surface area (Å²) < 4.78 is 5.36. The smallest absolute Gasteiger partial charge is 0.241 e. The van der Waals surface area contributed by atoms with Gasteiger partial charge < -0.3 is 20.3 Å². The second-order valence-corrected chi connectivity index (χ2v) is 6.30. The lowest BCUT2D eigenvalue weighted by atomic mass is 10.1. The number of aliphatic imine (C=N–C) groups is 1. The Kier molecular flexibility index (Phi) is 8.78. The molecule has 0 radical (unpaired) electrons. The van der Waals surface area contributed by atoms with E-state index in [4.69, 9.17) is 4.74 Å². The Hall–Kier alpha value is -3.09. The van der Waals surface area contributed by atoms with Crippen molar-refractivity contribution in [3.8, 4) is 5.75 Å². The van der Waals surface area contributed by atoms with Gasteiger partial charge in [0.1, 0.15) is 5.75 Å². The van der Waals surface area contributed by atoms with Gasteiger partial charge in [0, 0.05) is 45.5 Å².